The fraction of sp³-hybridized carbons (Fsp3) is 0.250. The molecule has 6 aromatic rings. The summed E-state index contributed by atoms with van der Waals surface area (Å²) in [7, 11) is 0. The number of anilines is 6. The van der Waals surface area contributed by atoms with Crippen LogP contribution in [0.15, 0.2) is 186 Å². The van der Waals surface area contributed by atoms with Gasteiger partial charge in [-0.1, -0.05) is 72.8 Å². The second-order valence-electron chi connectivity index (χ2n) is 20.2. The van der Waals surface area contributed by atoms with Crippen LogP contribution >= 0.6 is 69.7 Å². The lowest BCUT2D eigenvalue weighted by Crippen LogP contribution is -2.51. The zero-order valence-electron chi connectivity index (χ0n) is 39.6. The molecule has 2 fully saturated rings. The summed E-state index contributed by atoms with van der Waals surface area (Å²) in [6, 6.07) is 39.0. The summed E-state index contributed by atoms with van der Waals surface area (Å²) < 4.78 is 195. The number of halogens is 12. The number of para-hydroxylation sites is 4. The van der Waals surface area contributed by atoms with Crippen molar-refractivity contribution in [2.24, 2.45) is 0 Å². The highest BCUT2D eigenvalue weighted by molar-refractivity contribution is 8.13. The largest absolute Gasteiger partial charge is 0.380 e. The Morgan fingerprint density at radius 3 is 0.842 bits per heavy atom. The molecule has 0 amide bonds. The number of hydrogen-bond donors (Lipinski definition) is 0. The third-order valence-electron chi connectivity index (χ3n) is 16.3. The molecule has 2 nitrogen and oxygen atoms in total. The fourth-order valence-corrected chi connectivity index (χ4v) is 22.6. The quantitative estimate of drug-likeness (QED) is 0.152. The van der Waals surface area contributed by atoms with Crippen LogP contribution in [-0.2, 0) is 0 Å². The fourth-order valence-electron chi connectivity index (χ4n) is 12.4. The van der Waals surface area contributed by atoms with Crippen LogP contribution in [0.4, 0.5) is 85.4 Å². The molecule has 4 atom stereocenters. The summed E-state index contributed by atoms with van der Waals surface area (Å²) in [4.78, 5) is 3.44. The molecule has 4 aliphatic carbocycles. The number of thiophene rings is 2. The van der Waals surface area contributed by atoms with Crippen LogP contribution in [0.25, 0.3) is 11.1 Å². The lowest BCUT2D eigenvalue weighted by molar-refractivity contribution is -0.258. The van der Waals surface area contributed by atoms with E-state index >= 15 is 52.7 Å². The number of alkyl halides is 12. The highest BCUT2D eigenvalue weighted by Crippen LogP contribution is 2.85. The Morgan fingerprint density at radius 2 is 0.566 bits per heavy atom. The molecule has 2 aromatic heterocycles. The molecule has 6 heterocycles. The molecule has 2 saturated carbocycles. The van der Waals surface area contributed by atoms with E-state index in [0.29, 0.717) is 56.3 Å². The monoisotopic (exact) mass is 1150 g/mol. The smallest absolute Gasteiger partial charge is 0.302 e. The molecule has 388 valence electrons. The summed E-state index contributed by atoms with van der Waals surface area (Å²) in [5, 5.41) is 0.866. The Labute approximate surface area is 451 Å². The van der Waals surface area contributed by atoms with Gasteiger partial charge >= 0.3 is 35.5 Å². The van der Waals surface area contributed by atoms with Crippen molar-refractivity contribution < 1.29 is 52.7 Å². The summed E-state index contributed by atoms with van der Waals surface area (Å²) >= 11 is 5.03. The SMILES string of the molecule is CC12SC3=C(SC4(C)C3=C3C(=C5c6sc(N(c7ccccc7)c7ccccc7)cc6SC54C)C(F)(F)C(F)(F)C3(F)F)C1=C1C(=C3c4sc(N(c5ccccc5)c5ccccc5)cc4SC32C)C(F)(F)C(F)(F)C1(F)F. The first-order valence-electron chi connectivity index (χ1n) is 23.6. The predicted molar refractivity (Wildman–Crippen MR) is 283 cm³/mol. The van der Waals surface area contributed by atoms with Gasteiger partial charge in [0.15, 0.2) is 0 Å². The van der Waals surface area contributed by atoms with Crippen LogP contribution in [0.1, 0.15) is 37.4 Å². The molecule has 4 unspecified atom stereocenters. The van der Waals surface area contributed by atoms with Crippen LogP contribution in [0.3, 0.4) is 0 Å². The second kappa shape index (κ2) is 15.1. The van der Waals surface area contributed by atoms with E-state index in [9.17, 15) is 0 Å². The third kappa shape index (κ3) is 5.52. The Balaban J connectivity index is 1.00. The third-order valence-corrected chi connectivity index (χ3v) is 25.6. The lowest BCUT2D eigenvalue weighted by Gasteiger charge is -2.51. The van der Waals surface area contributed by atoms with E-state index < -0.39 is 99.1 Å². The minimum atomic E-state index is -6.02. The number of nitrogens with zero attached hydrogens (tertiary/aromatic N) is 2. The van der Waals surface area contributed by atoms with E-state index in [2.05, 4.69) is 0 Å². The molecule has 0 spiro atoms. The van der Waals surface area contributed by atoms with Gasteiger partial charge in [0, 0.05) is 74.4 Å². The zero-order chi connectivity index (χ0) is 53.5. The van der Waals surface area contributed by atoms with Gasteiger partial charge in [-0.2, -0.15) is 52.7 Å². The Hall–Kier alpha value is -4.86. The Kier molecular flexibility index (Phi) is 9.81. The number of allylic oxidation sites excluding steroid dienone is 6. The van der Waals surface area contributed by atoms with Gasteiger partial charge in [-0.15, -0.1) is 69.7 Å². The van der Waals surface area contributed by atoms with E-state index in [0.717, 1.165) is 46.2 Å². The van der Waals surface area contributed by atoms with Gasteiger partial charge in [0.25, 0.3) is 0 Å². The van der Waals surface area contributed by atoms with Crippen molar-refractivity contribution in [3.8, 4) is 0 Å². The standard InChI is InChI=1S/C56H34F12N2S6/c1-47-39(43-31(73-47)25-33(71-43)69(27-17-9-5-10-18-27)28-19-11-6-12-20-28)35-37(53(61,62)55(65,66)51(35,57)58)41-45-46(75-49(41,47)3)42-38-36(52(59,60)56(67,68)54(38,63)64)40-44-32(74-48(40,2)50(42,4)76-45)26-34(72-44)70(29-21-13-7-14-22-29)30-23-15-8-16-24-30/h5-26H,1-4H3. The van der Waals surface area contributed by atoms with Crippen molar-refractivity contribution in [1.29, 1.82) is 0 Å². The van der Waals surface area contributed by atoms with Crippen molar-refractivity contribution in [2.45, 2.75) is 92.0 Å². The van der Waals surface area contributed by atoms with Gasteiger partial charge in [0.1, 0.15) is 10.0 Å². The van der Waals surface area contributed by atoms with Crippen molar-refractivity contribution in [3.63, 3.8) is 0 Å². The minimum absolute atomic E-state index is 0.0140. The number of fused-ring (bicyclic) bond motifs is 14. The Bertz CT molecular complexity index is 3430. The molecule has 20 heteroatoms. The second-order valence-corrected chi connectivity index (χ2v) is 28.1. The van der Waals surface area contributed by atoms with Crippen molar-refractivity contribution >= 4 is 114 Å². The molecular formula is C56H34F12N2S6. The summed E-state index contributed by atoms with van der Waals surface area (Å²) in [6.07, 6.45) is 0. The first-order chi connectivity index (χ1) is 35.7. The van der Waals surface area contributed by atoms with Gasteiger partial charge in [0.05, 0.1) is 19.0 Å². The zero-order valence-corrected chi connectivity index (χ0v) is 44.5. The molecule has 4 aromatic carbocycles. The molecule has 4 aliphatic heterocycles. The number of rotatable bonds is 6. The molecule has 0 N–H and O–H groups in total. The van der Waals surface area contributed by atoms with E-state index in [4.69, 9.17) is 0 Å². The molecule has 0 bridgehead atoms. The molecule has 0 radical (unpaired) electrons. The summed E-state index contributed by atoms with van der Waals surface area (Å²) in [5.41, 5.74) is -6.38. The normalized spacial score (nSPS) is 29.7. The van der Waals surface area contributed by atoms with Gasteiger partial charge < -0.3 is 9.80 Å². The van der Waals surface area contributed by atoms with Crippen molar-refractivity contribution in [3.05, 3.63) is 186 Å². The summed E-state index contributed by atoms with van der Waals surface area (Å²) in [5.74, 6) is -34.2. The Morgan fingerprint density at radius 1 is 0.316 bits per heavy atom. The maximum Gasteiger partial charge on any atom is 0.380 e. The average Bonchev–Trinajstić information content (AvgIpc) is 4.38. The predicted octanol–water partition coefficient (Wildman–Crippen LogP) is 19.4. The maximum atomic E-state index is 17.2. The molecule has 0 saturated heterocycles. The van der Waals surface area contributed by atoms with Gasteiger partial charge in [-0.25, -0.2) is 0 Å². The maximum absolute atomic E-state index is 17.2. The minimum Gasteiger partial charge on any atom is -0.302 e. The molecule has 8 aliphatic rings. The van der Waals surface area contributed by atoms with Gasteiger partial charge in [0.2, 0.25) is 0 Å². The van der Waals surface area contributed by atoms with Gasteiger partial charge in [-0.3, -0.25) is 0 Å². The van der Waals surface area contributed by atoms with Crippen LogP contribution in [-0.4, -0.2) is 54.5 Å². The highest BCUT2D eigenvalue weighted by atomic mass is 32.2. The number of benzene rings is 4. The van der Waals surface area contributed by atoms with E-state index in [1.165, 1.54) is 27.7 Å². The van der Waals surface area contributed by atoms with Crippen LogP contribution in [0.2, 0.25) is 0 Å². The highest BCUT2D eigenvalue weighted by Gasteiger charge is 2.88. The van der Waals surface area contributed by atoms with E-state index in [1.54, 1.807) is 143 Å². The lowest BCUT2D eigenvalue weighted by atomic mass is 9.70. The number of thioether (sulfide) groups is 4. The van der Waals surface area contributed by atoms with Crippen LogP contribution in [0, 0.1) is 0 Å². The first kappa shape index (κ1) is 49.4. The molecule has 14 rings (SSSR count). The van der Waals surface area contributed by atoms with Crippen LogP contribution in [0.5, 0.6) is 0 Å². The molecule has 76 heavy (non-hydrogen) atoms. The first-order valence-corrected chi connectivity index (χ1v) is 28.5. The van der Waals surface area contributed by atoms with Gasteiger partial charge in [-0.05, 0) is 111 Å². The van der Waals surface area contributed by atoms with Crippen LogP contribution < -0.4 is 9.80 Å². The summed E-state index contributed by atoms with van der Waals surface area (Å²) in [6.45, 7) is 5.66. The number of hydrogen-bond acceptors (Lipinski definition) is 8. The van der Waals surface area contributed by atoms with Crippen molar-refractivity contribution in [1.82, 2.24) is 0 Å². The average molecular weight is 1160 g/mol. The van der Waals surface area contributed by atoms with E-state index in [-0.39, 0.29) is 29.4 Å². The topological polar surface area (TPSA) is 6.48 Å². The van der Waals surface area contributed by atoms with E-state index in [1.807, 2.05) is 0 Å². The molecular weight excluding hydrogens is 1120 g/mol. The van der Waals surface area contributed by atoms with Crippen molar-refractivity contribution in [2.75, 3.05) is 9.80 Å².